The van der Waals surface area contributed by atoms with E-state index in [1.165, 1.54) is 4.90 Å². The third kappa shape index (κ3) is 14.3. The highest BCUT2D eigenvalue weighted by Crippen LogP contribution is 2.24. The summed E-state index contributed by atoms with van der Waals surface area (Å²) < 4.78 is 16.5. The highest BCUT2D eigenvalue weighted by Gasteiger charge is 2.42. The van der Waals surface area contributed by atoms with Gasteiger partial charge >= 0.3 is 18.0 Å². The van der Waals surface area contributed by atoms with Gasteiger partial charge < -0.3 is 35.1 Å². The van der Waals surface area contributed by atoms with Crippen LogP contribution < -0.4 is 16.0 Å². The fourth-order valence-electron chi connectivity index (χ4n) is 7.17. The molecule has 0 saturated carbocycles. The molecule has 1 unspecified atom stereocenters. The minimum atomic E-state index is -1.54. The van der Waals surface area contributed by atoms with Crippen molar-refractivity contribution in [2.24, 2.45) is 0 Å². The molecule has 4 amide bonds. The quantitative estimate of drug-likeness (QED) is 0.0497. The summed E-state index contributed by atoms with van der Waals surface area (Å²) in [5, 5.41) is 8.44. The topological polar surface area (TPSA) is 169 Å². The van der Waals surface area contributed by atoms with Crippen molar-refractivity contribution in [3.8, 4) is 11.1 Å². The second kappa shape index (κ2) is 22.6. The molecule has 3 N–H and O–H groups in total. The number of benzene rings is 4. The van der Waals surface area contributed by atoms with Crippen molar-refractivity contribution in [1.29, 1.82) is 0 Å². The average molecular weight is 861 g/mol. The molecule has 0 bridgehead atoms. The molecule has 0 spiro atoms. The third-order valence-corrected chi connectivity index (χ3v) is 10.9. The SMILES string of the molecule is CCC(C)(NC(=O)[C@H](CCCCOC(=O)c1ccccc1)NC(=O)OC(C)(C)C)C(=O)N[C@@H](Cc1ccc(-c2ccccc2)cc1)C(=O)N1CCC[C@@H]1C(=O)OCc1ccccc1. The van der Waals surface area contributed by atoms with Gasteiger partial charge in [-0.2, -0.15) is 0 Å². The van der Waals surface area contributed by atoms with Gasteiger partial charge in [-0.1, -0.05) is 110 Å². The normalized spacial score (nSPS) is 15.5. The molecule has 1 aliphatic heterocycles. The van der Waals surface area contributed by atoms with Crippen LogP contribution in [0.3, 0.4) is 0 Å². The number of carbonyl (C=O) groups excluding carboxylic acids is 6. The number of ether oxygens (including phenoxy) is 3. The van der Waals surface area contributed by atoms with Crippen molar-refractivity contribution in [2.75, 3.05) is 13.2 Å². The lowest BCUT2D eigenvalue weighted by Gasteiger charge is -2.34. The van der Waals surface area contributed by atoms with E-state index in [2.05, 4.69) is 16.0 Å². The van der Waals surface area contributed by atoms with Crippen molar-refractivity contribution in [3.63, 3.8) is 0 Å². The zero-order valence-corrected chi connectivity index (χ0v) is 36.9. The van der Waals surface area contributed by atoms with E-state index in [9.17, 15) is 28.8 Å². The van der Waals surface area contributed by atoms with Gasteiger partial charge in [0, 0.05) is 13.0 Å². The maximum Gasteiger partial charge on any atom is 0.408 e. The number of nitrogens with zero attached hydrogens (tertiary/aromatic N) is 1. The Kier molecular flexibility index (Phi) is 17.0. The van der Waals surface area contributed by atoms with Gasteiger partial charge in [-0.3, -0.25) is 14.4 Å². The van der Waals surface area contributed by atoms with E-state index in [1.807, 2.05) is 84.9 Å². The van der Waals surface area contributed by atoms with Crippen LogP contribution >= 0.6 is 0 Å². The van der Waals surface area contributed by atoms with Crippen molar-refractivity contribution in [2.45, 2.75) is 115 Å². The van der Waals surface area contributed by atoms with E-state index in [-0.39, 0.29) is 32.5 Å². The summed E-state index contributed by atoms with van der Waals surface area (Å²) in [6.07, 6.45) is 1.34. The van der Waals surface area contributed by atoms with Crippen molar-refractivity contribution in [1.82, 2.24) is 20.9 Å². The summed E-state index contributed by atoms with van der Waals surface area (Å²) in [6.45, 7) is 8.86. The first-order valence-corrected chi connectivity index (χ1v) is 21.7. The van der Waals surface area contributed by atoms with Gasteiger partial charge in [0.15, 0.2) is 0 Å². The summed E-state index contributed by atoms with van der Waals surface area (Å²) in [6, 6.07) is 32.4. The second-order valence-corrected chi connectivity index (χ2v) is 16.9. The maximum atomic E-state index is 14.6. The molecule has 63 heavy (non-hydrogen) atoms. The fraction of sp³-hybridized carbons (Fsp3) is 0.400. The number of likely N-dealkylation sites (tertiary alicyclic amines) is 1. The Bertz CT molecular complexity index is 2140. The fourth-order valence-corrected chi connectivity index (χ4v) is 7.17. The predicted octanol–water partition coefficient (Wildman–Crippen LogP) is 7.32. The number of carbonyl (C=O) groups is 6. The number of esters is 2. The van der Waals surface area contributed by atoms with Crippen LogP contribution in [0.5, 0.6) is 0 Å². The maximum absolute atomic E-state index is 14.6. The number of unbranched alkanes of at least 4 members (excludes halogenated alkanes) is 1. The lowest BCUT2D eigenvalue weighted by Crippen LogP contribution is -2.63. The van der Waals surface area contributed by atoms with Crippen LogP contribution in [0.15, 0.2) is 115 Å². The minimum absolute atomic E-state index is 0.0617. The number of rotatable bonds is 19. The Hall–Kier alpha value is -6.50. The van der Waals surface area contributed by atoms with Gasteiger partial charge in [-0.05, 0) is 101 Å². The lowest BCUT2D eigenvalue weighted by atomic mass is 9.94. The van der Waals surface area contributed by atoms with E-state index >= 15 is 0 Å². The van der Waals surface area contributed by atoms with E-state index < -0.39 is 65.0 Å². The Morgan fingerprint density at radius 1 is 0.714 bits per heavy atom. The van der Waals surface area contributed by atoms with E-state index in [0.717, 1.165) is 22.3 Å². The first-order valence-electron chi connectivity index (χ1n) is 21.7. The molecule has 1 saturated heterocycles. The minimum Gasteiger partial charge on any atom is -0.462 e. The average Bonchev–Trinajstić information content (AvgIpc) is 3.78. The Morgan fingerprint density at radius 3 is 1.97 bits per heavy atom. The zero-order valence-electron chi connectivity index (χ0n) is 36.9. The van der Waals surface area contributed by atoms with Crippen LogP contribution in [0.4, 0.5) is 4.79 Å². The van der Waals surface area contributed by atoms with Crippen molar-refractivity contribution >= 4 is 35.8 Å². The van der Waals surface area contributed by atoms with Gasteiger partial charge in [0.05, 0.1) is 12.2 Å². The van der Waals surface area contributed by atoms with Gasteiger partial charge in [0.2, 0.25) is 17.7 Å². The molecular formula is C50H60N4O9. The van der Waals surface area contributed by atoms with Gasteiger partial charge in [0.25, 0.3) is 0 Å². The van der Waals surface area contributed by atoms with Crippen LogP contribution in [0.2, 0.25) is 0 Å². The number of alkyl carbamates (subject to hydrolysis) is 1. The highest BCUT2D eigenvalue weighted by molar-refractivity contribution is 5.97. The van der Waals surface area contributed by atoms with Gasteiger partial charge in [-0.15, -0.1) is 0 Å². The molecule has 334 valence electrons. The monoisotopic (exact) mass is 860 g/mol. The number of amides is 4. The van der Waals surface area contributed by atoms with Crippen LogP contribution in [-0.2, 0) is 46.4 Å². The molecule has 13 nitrogen and oxygen atoms in total. The molecule has 4 aromatic carbocycles. The molecule has 5 rings (SSSR count). The molecule has 0 radical (unpaired) electrons. The first-order chi connectivity index (χ1) is 30.2. The Labute approximate surface area is 370 Å². The smallest absolute Gasteiger partial charge is 0.408 e. The van der Waals surface area contributed by atoms with E-state index in [4.69, 9.17) is 14.2 Å². The summed E-state index contributed by atoms with van der Waals surface area (Å²) in [5.41, 5.74) is 1.64. The number of hydrogen-bond donors (Lipinski definition) is 3. The standard InChI is InChI=1S/C50H60N4O9/c1-6-50(5,53-43(55)40(52-48(60)63-49(2,3)4)25-16-17-32-61-45(57)39-23-14-9-15-24-39)47(59)51-41(33-35-27-29-38(30-28-35)37-21-12-8-13-22-37)44(56)54-31-18-26-42(54)46(58)62-34-36-19-10-7-11-20-36/h7-15,19-24,27-30,40-42H,6,16-18,25-26,31-34H2,1-5H3,(H,51,59)(H,52,60)(H,53,55)/t40-,41-,42+,50?/m0/s1. The summed E-state index contributed by atoms with van der Waals surface area (Å²) in [7, 11) is 0. The molecule has 4 aromatic rings. The molecule has 13 heteroatoms. The summed E-state index contributed by atoms with van der Waals surface area (Å²) in [5.74, 6) is -2.70. The van der Waals surface area contributed by atoms with Crippen LogP contribution in [0, 0.1) is 0 Å². The molecular weight excluding hydrogens is 801 g/mol. The second-order valence-electron chi connectivity index (χ2n) is 16.9. The van der Waals surface area contributed by atoms with E-state index in [1.54, 1.807) is 65.0 Å². The van der Waals surface area contributed by atoms with Crippen LogP contribution in [0.25, 0.3) is 11.1 Å². The molecule has 1 heterocycles. The Morgan fingerprint density at radius 2 is 1.33 bits per heavy atom. The van der Waals surface area contributed by atoms with Gasteiger partial charge in [-0.25, -0.2) is 14.4 Å². The molecule has 0 aliphatic carbocycles. The predicted molar refractivity (Wildman–Crippen MR) is 239 cm³/mol. The largest absolute Gasteiger partial charge is 0.462 e. The van der Waals surface area contributed by atoms with Crippen LogP contribution in [-0.4, -0.2) is 83.1 Å². The molecule has 4 atom stereocenters. The number of hydrogen-bond acceptors (Lipinski definition) is 9. The first kappa shape index (κ1) is 47.5. The molecule has 1 fully saturated rings. The molecule has 1 aliphatic rings. The number of nitrogens with one attached hydrogen (secondary N) is 3. The van der Waals surface area contributed by atoms with E-state index in [0.29, 0.717) is 37.8 Å². The Balaban J connectivity index is 1.31. The van der Waals surface area contributed by atoms with Crippen molar-refractivity contribution in [3.05, 3.63) is 132 Å². The zero-order chi connectivity index (χ0) is 45.4. The lowest BCUT2D eigenvalue weighted by molar-refractivity contribution is -0.155. The highest BCUT2D eigenvalue weighted by atomic mass is 16.6. The van der Waals surface area contributed by atoms with Gasteiger partial charge in [0.1, 0.15) is 35.9 Å². The summed E-state index contributed by atoms with van der Waals surface area (Å²) in [4.78, 5) is 83.3. The van der Waals surface area contributed by atoms with Crippen molar-refractivity contribution < 1.29 is 43.0 Å². The molecule has 0 aromatic heterocycles. The van der Waals surface area contributed by atoms with Crippen LogP contribution in [0.1, 0.15) is 94.6 Å². The third-order valence-electron chi connectivity index (χ3n) is 10.9. The summed E-state index contributed by atoms with van der Waals surface area (Å²) >= 11 is 0.